The molecule has 11 heteroatoms. The molecular weight excluding hydrogens is 857 g/mol. The first kappa shape index (κ1) is 57.0. The highest BCUT2D eigenvalue weighted by molar-refractivity contribution is 5.92. The number of urea groups is 1. The maximum Gasteiger partial charge on any atom is 0.319 e. The summed E-state index contributed by atoms with van der Waals surface area (Å²) < 4.78 is 39.1. The van der Waals surface area contributed by atoms with Crippen molar-refractivity contribution in [3.8, 4) is 34.5 Å². The second-order valence-electron chi connectivity index (χ2n) is 19.1. The van der Waals surface area contributed by atoms with Crippen LogP contribution in [0.1, 0.15) is 156 Å². The molecule has 0 saturated carbocycles. The molecular formula is C57H86N2O9. The number of nitrogens with one attached hydrogen (secondary N) is 2. The molecule has 0 aliphatic rings. The summed E-state index contributed by atoms with van der Waals surface area (Å²) in [4.78, 5) is 24.2. The van der Waals surface area contributed by atoms with E-state index in [9.17, 15) is 9.59 Å². The summed E-state index contributed by atoms with van der Waals surface area (Å²) in [7, 11) is 0. The molecule has 3 aromatic carbocycles. The Morgan fingerprint density at radius 1 is 0.471 bits per heavy atom. The summed E-state index contributed by atoms with van der Waals surface area (Å²) in [5.74, 6) is 5.16. The van der Waals surface area contributed by atoms with Crippen LogP contribution >= 0.6 is 0 Å². The minimum absolute atomic E-state index is 0.0182. The van der Waals surface area contributed by atoms with Gasteiger partial charge in [0.15, 0.2) is 0 Å². The molecule has 0 spiro atoms. The van der Waals surface area contributed by atoms with Gasteiger partial charge < -0.3 is 44.2 Å². The van der Waals surface area contributed by atoms with Crippen molar-refractivity contribution in [3.63, 3.8) is 0 Å². The van der Waals surface area contributed by atoms with Gasteiger partial charge in [-0.1, -0.05) is 146 Å². The average molecular weight is 943 g/mol. The Morgan fingerprint density at radius 2 is 0.765 bits per heavy atom. The maximum atomic E-state index is 13.0. The van der Waals surface area contributed by atoms with E-state index in [1.165, 1.54) is 0 Å². The van der Waals surface area contributed by atoms with Crippen molar-refractivity contribution in [2.75, 3.05) is 51.5 Å². The summed E-state index contributed by atoms with van der Waals surface area (Å²) in [5.41, 5.74) is 4.82. The Morgan fingerprint density at radius 3 is 1.12 bits per heavy atom. The Labute approximate surface area is 409 Å². The van der Waals surface area contributed by atoms with Crippen LogP contribution in [0.15, 0.2) is 36.4 Å². The number of carboxylic acid groups (broad SMARTS) is 1. The van der Waals surface area contributed by atoms with Gasteiger partial charge in [-0.05, 0) is 78.3 Å². The first-order chi connectivity index (χ1) is 32.5. The summed E-state index contributed by atoms with van der Waals surface area (Å²) >= 11 is 0. The van der Waals surface area contributed by atoms with Crippen molar-refractivity contribution in [1.29, 1.82) is 0 Å². The zero-order chi connectivity index (χ0) is 50.2. The molecule has 11 nitrogen and oxygen atoms in total. The molecule has 378 valence electrons. The maximum absolute atomic E-state index is 13.0. The molecule has 0 aromatic heterocycles. The van der Waals surface area contributed by atoms with Gasteiger partial charge in [0, 0.05) is 34.9 Å². The van der Waals surface area contributed by atoms with Crippen LogP contribution in [0.25, 0.3) is 24.3 Å². The molecule has 0 aliphatic carbocycles. The zero-order valence-corrected chi connectivity index (χ0v) is 43.9. The highest BCUT2D eigenvalue weighted by Gasteiger charge is 2.18. The lowest BCUT2D eigenvalue weighted by Crippen LogP contribution is -2.30. The SMILES string of the molecule is CC[C@H](C)COc1cc(/C=C/c2cc(OC[C@@H](C)CC)c(/C=C/c3cc(OC[C@@H](C)CC)c(NC(=O)NCCC(=O)O)cc3OC[C@@H](C)CC)cc2OC[C@@H](C)CC)c(OC[C@@H](C)CC)cc1C. The minimum Gasteiger partial charge on any atom is -0.493 e. The fourth-order valence-corrected chi connectivity index (χ4v) is 6.15. The van der Waals surface area contributed by atoms with E-state index in [4.69, 9.17) is 33.5 Å². The van der Waals surface area contributed by atoms with E-state index < -0.39 is 12.0 Å². The Hall–Kier alpha value is -5.32. The number of amides is 2. The second-order valence-corrected chi connectivity index (χ2v) is 19.1. The predicted molar refractivity (Wildman–Crippen MR) is 281 cm³/mol. The van der Waals surface area contributed by atoms with E-state index in [0.717, 1.165) is 83.6 Å². The molecule has 0 radical (unpaired) electrons. The molecule has 3 rings (SSSR count). The van der Waals surface area contributed by atoms with Crippen LogP contribution in [0.4, 0.5) is 10.5 Å². The average Bonchev–Trinajstić information content (AvgIpc) is 3.33. The zero-order valence-electron chi connectivity index (χ0n) is 43.9. The Kier molecular flexibility index (Phi) is 25.3. The van der Waals surface area contributed by atoms with Crippen LogP contribution in [0.2, 0.25) is 0 Å². The van der Waals surface area contributed by atoms with Crippen LogP contribution in [0.5, 0.6) is 34.5 Å². The number of hydrogen-bond donors (Lipinski definition) is 3. The number of anilines is 1. The number of rotatable bonds is 32. The number of aryl methyl sites for hydroxylation is 1. The molecule has 0 saturated heterocycles. The van der Waals surface area contributed by atoms with Gasteiger partial charge in [0.25, 0.3) is 0 Å². The van der Waals surface area contributed by atoms with E-state index in [-0.39, 0.29) is 24.8 Å². The molecule has 0 aliphatic heterocycles. The van der Waals surface area contributed by atoms with Gasteiger partial charge in [-0.15, -0.1) is 0 Å². The lowest BCUT2D eigenvalue weighted by Gasteiger charge is -2.20. The highest BCUT2D eigenvalue weighted by Crippen LogP contribution is 2.38. The van der Waals surface area contributed by atoms with Crippen molar-refractivity contribution in [1.82, 2.24) is 5.32 Å². The van der Waals surface area contributed by atoms with Gasteiger partial charge in [-0.25, -0.2) is 4.79 Å². The first-order valence-corrected chi connectivity index (χ1v) is 25.4. The summed E-state index contributed by atoms with van der Waals surface area (Å²) in [6.45, 7) is 31.2. The molecule has 68 heavy (non-hydrogen) atoms. The van der Waals surface area contributed by atoms with E-state index >= 15 is 0 Å². The monoisotopic (exact) mass is 943 g/mol. The summed E-state index contributed by atoms with van der Waals surface area (Å²) in [5, 5.41) is 14.6. The number of aliphatic carboxylic acids is 1. The standard InChI is InChI=1S/C57H86N2O9/c1-14-38(7)32-63-50-27-45(51(26-44(50)13)64-33-39(8)15-2)20-21-46-28-53(66-35-41(10)17-4)47(29-52(46)65-34-40(9)16-3)22-23-48-30-55(68-37-43(12)19-6)49(31-54(48)67-36-42(11)18-5)59-57(62)58-25-24-56(60)61/h20-23,26-31,38-43H,14-19,24-25,32-37H2,1-13H3,(H,60,61)(H2,58,59,62)/b21-20+,23-22+/t38-,39-,40-,41-,42-,43-/m0/s1. The number of benzene rings is 3. The molecule has 0 heterocycles. The molecule has 2 amide bonds. The van der Waals surface area contributed by atoms with Crippen LogP contribution in [0.3, 0.4) is 0 Å². The van der Waals surface area contributed by atoms with Gasteiger partial charge in [-0.2, -0.15) is 0 Å². The predicted octanol–water partition coefficient (Wildman–Crippen LogP) is 14.5. The van der Waals surface area contributed by atoms with Crippen LogP contribution in [0, 0.1) is 42.4 Å². The van der Waals surface area contributed by atoms with Gasteiger partial charge >= 0.3 is 12.0 Å². The van der Waals surface area contributed by atoms with Crippen molar-refractivity contribution >= 4 is 42.0 Å². The molecule has 6 atom stereocenters. The number of carbonyl (C=O) groups is 2. The van der Waals surface area contributed by atoms with Crippen molar-refractivity contribution in [3.05, 3.63) is 64.2 Å². The topological polar surface area (TPSA) is 134 Å². The molecule has 0 fully saturated rings. The van der Waals surface area contributed by atoms with Crippen LogP contribution < -0.4 is 39.1 Å². The lowest BCUT2D eigenvalue weighted by atomic mass is 10.0. The Bertz CT molecular complexity index is 2060. The number of carbonyl (C=O) groups excluding carboxylic acids is 1. The quantitative estimate of drug-likeness (QED) is 0.0523. The Balaban J connectivity index is 2.28. The van der Waals surface area contributed by atoms with E-state index in [1.54, 1.807) is 6.07 Å². The minimum atomic E-state index is -0.996. The summed E-state index contributed by atoms with van der Waals surface area (Å²) in [6.07, 6.45) is 13.8. The van der Waals surface area contributed by atoms with Crippen molar-refractivity contribution in [2.45, 2.75) is 135 Å². The van der Waals surface area contributed by atoms with E-state index in [2.05, 4.69) is 137 Å². The molecule has 3 N–H and O–H groups in total. The third kappa shape index (κ3) is 19.7. The highest BCUT2D eigenvalue weighted by atomic mass is 16.5. The number of ether oxygens (including phenoxy) is 6. The lowest BCUT2D eigenvalue weighted by molar-refractivity contribution is -0.136. The number of carboxylic acids is 1. The molecule has 0 unspecified atom stereocenters. The molecule has 3 aromatic rings. The smallest absolute Gasteiger partial charge is 0.319 e. The fourth-order valence-electron chi connectivity index (χ4n) is 6.15. The van der Waals surface area contributed by atoms with Crippen molar-refractivity contribution in [2.24, 2.45) is 35.5 Å². The van der Waals surface area contributed by atoms with Gasteiger partial charge in [-0.3, -0.25) is 4.79 Å². The fraction of sp³-hybridized carbons (Fsp3) is 0.579. The van der Waals surface area contributed by atoms with Gasteiger partial charge in [0.1, 0.15) is 34.5 Å². The van der Waals surface area contributed by atoms with Gasteiger partial charge in [0.2, 0.25) is 0 Å². The van der Waals surface area contributed by atoms with E-state index in [0.29, 0.717) is 86.2 Å². The normalized spacial score (nSPS) is 14.2. The summed E-state index contributed by atoms with van der Waals surface area (Å²) in [6, 6.07) is 11.4. The van der Waals surface area contributed by atoms with E-state index in [1.807, 2.05) is 18.2 Å². The largest absolute Gasteiger partial charge is 0.493 e. The first-order valence-electron chi connectivity index (χ1n) is 25.4. The van der Waals surface area contributed by atoms with Crippen molar-refractivity contribution < 1.29 is 43.1 Å². The third-order valence-corrected chi connectivity index (χ3v) is 12.6. The number of hydrogen-bond acceptors (Lipinski definition) is 8. The van der Waals surface area contributed by atoms with Crippen LogP contribution in [-0.4, -0.2) is 63.3 Å². The second kappa shape index (κ2) is 30.2. The van der Waals surface area contributed by atoms with Gasteiger partial charge in [0.05, 0.1) is 51.7 Å². The molecule has 0 bridgehead atoms. The third-order valence-electron chi connectivity index (χ3n) is 12.6. The van der Waals surface area contributed by atoms with Crippen LogP contribution in [-0.2, 0) is 4.79 Å².